The number of halogens is 1. The summed E-state index contributed by atoms with van der Waals surface area (Å²) in [6, 6.07) is 4.01. The Bertz CT molecular complexity index is 1410. The Hall–Kier alpha value is -3.38. The number of benzene rings is 2. The van der Waals surface area contributed by atoms with Crippen LogP contribution in [0.4, 0.5) is 10.1 Å². The van der Waals surface area contributed by atoms with Crippen LogP contribution in [0.15, 0.2) is 18.2 Å². The fraction of sp³-hybridized carbons (Fsp3) is 0.423. The Balaban J connectivity index is 1.65. The predicted octanol–water partition coefficient (Wildman–Crippen LogP) is -4.03. The summed E-state index contributed by atoms with van der Waals surface area (Å²) >= 11 is 0. The Morgan fingerprint density at radius 3 is 2.45 bits per heavy atom. The number of aromatic hydroxyl groups is 2. The van der Waals surface area contributed by atoms with Gasteiger partial charge >= 0.3 is 0 Å². The van der Waals surface area contributed by atoms with Crippen LogP contribution in [0.3, 0.4) is 0 Å². The fourth-order valence-corrected chi connectivity index (χ4v) is 5.66. The molecule has 16 heteroatoms. The lowest BCUT2D eigenvalue weighted by Crippen LogP contribution is -2.57. The molecule has 0 aromatic heterocycles. The normalized spacial score (nSPS) is 16.6. The molecule has 1 saturated heterocycles. The zero-order chi connectivity index (χ0) is 31.0. The van der Waals surface area contributed by atoms with E-state index in [1.54, 1.807) is 45.3 Å². The highest BCUT2D eigenvalue weighted by atomic mass is 19.1. The van der Waals surface area contributed by atoms with Crippen LogP contribution in [-0.4, -0.2) is 117 Å². The van der Waals surface area contributed by atoms with Gasteiger partial charge in [-0.3, -0.25) is 14.5 Å². The maximum absolute atomic E-state index is 15.2. The molecule has 0 saturated carbocycles. The molecule has 0 aliphatic carbocycles. The first kappa shape index (κ1) is 31.6. The molecule has 10 nitrogen and oxygen atoms in total. The lowest BCUT2D eigenvalue weighted by atomic mass is 9.28. The van der Waals surface area contributed by atoms with Crippen LogP contribution in [0, 0.1) is 5.82 Å². The van der Waals surface area contributed by atoms with Gasteiger partial charge in [-0.05, 0) is 22.3 Å². The highest BCUT2D eigenvalue weighted by Gasteiger charge is 2.52. The van der Waals surface area contributed by atoms with Gasteiger partial charge in [0.2, 0.25) is 5.91 Å². The third-order valence-corrected chi connectivity index (χ3v) is 9.13. The van der Waals surface area contributed by atoms with Gasteiger partial charge in [0, 0.05) is 56.6 Å². The number of carbonyl (C=O) groups excluding carboxylic acids is 3. The minimum Gasteiger partial charge on any atom is -0.505 e. The molecule has 2 aliphatic heterocycles. The van der Waals surface area contributed by atoms with E-state index in [1.807, 2.05) is 6.07 Å². The highest BCUT2D eigenvalue weighted by molar-refractivity contribution is 6.60. The molecule has 2 aromatic rings. The van der Waals surface area contributed by atoms with Gasteiger partial charge in [0.1, 0.15) is 57.4 Å². The SMILES string of the molecule is Bc1c(O)c(O)c2c(c1NCc1ccc(CN3CCOCC3)cc1F)CN(C(C(=O)NC)C(B)(B)C(B)(B)C=O)C2=O. The Labute approximate surface area is 249 Å². The molecule has 0 radical (unpaired) electrons. The number of hydrogen-bond acceptors (Lipinski definition) is 8. The summed E-state index contributed by atoms with van der Waals surface area (Å²) in [4.78, 5) is 42.5. The topological polar surface area (TPSA) is 131 Å². The van der Waals surface area contributed by atoms with Crippen molar-refractivity contribution in [1.82, 2.24) is 15.1 Å². The number of morpholine rings is 1. The second-order valence-corrected chi connectivity index (χ2v) is 12.2. The second kappa shape index (κ2) is 12.1. The molecular weight excluding hydrogens is 537 g/mol. The molecule has 42 heavy (non-hydrogen) atoms. The summed E-state index contributed by atoms with van der Waals surface area (Å²) in [5, 5.41) is 25.3. The van der Waals surface area contributed by atoms with Gasteiger partial charge in [0.15, 0.2) is 11.5 Å². The predicted molar refractivity (Wildman–Crippen MR) is 171 cm³/mol. The number of phenolic OH excluding ortho intramolecular Hbond substituents is 2. The number of nitrogens with zero attached hydrogens (tertiary/aromatic N) is 2. The molecule has 2 heterocycles. The van der Waals surface area contributed by atoms with Crippen molar-refractivity contribution in [2.75, 3.05) is 38.7 Å². The van der Waals surface area contributed by atoms with Crippen LogP contribution in [0.5, 0.6) is 11.5 Å². The maximum Gasteiger partial charge on any atom is 0.259 e. The van der Waals surface area contributed by atoms with Gasteiger partial charge in [-0.25, -0.2) is 4.39 Å². The smallest absolute Gasteiger partial charge is 0.259 e. The molecule has 2 amide bonds. The van der Waals surface area contributed by atoms with Crippen molar-refractivity contribution in [2.24, 2.45) is 0 Å². The van der Waals surface area contributed by atoms with Crippen molar-refractivity contribution >= 4 is 68.5 Å². The summed E-state index contributed by atoms with van der Waals surface area (Å²) in [7, 11) is 9.92. The van der Waals surface area contributed by atoms with Crippen molar-refractivity contribution < 1.29 is 33.7 Å². The van der Waals surface area contributed by atoms with Gasteiger partial charge in [0.25, 0.3) is 5.91 Å². The van der Waals surface area contributed by atoms with Gasteiger partial charge < -0.3 is 35.3 Å². The summed E-state index contributed by atoms with van der Waals surface area (Å²) in [6.07, 6.45) is 0.762. The summed E-state index contributed by atoms with van der Waals surface area (Å²) in [5.41, 5.74) is 2.14. The number of ether oxygens (including phenoxy) is 1. The van der Waals surface area contributed by atoms with Crippen LogP contribution in [0.25, 0.3) is 0 Å². The van der Waals surface area contributed by atoms with Crippen LogP contribution in [-0.2, 0) is 34.0 Å². The molecule has 4 rings (SSSR count). The van der Waals surface area contributed by atoms with Gasteiger partial charge in [-0.1, -0.05) is 17.3 Å². The van der Waals surface area contributed by atoms with Gasteiger partial charge in [-0.2, -0.15) is 0 Å². The summed E-state index contributed by atoms with van der Waals surface area (Å²) < 4.78 is 20.5. The van der Waals surface area contributed by atoms with E-state index in [4.69, 9.17) is 4.74 Å². The van der Waals surface area contributed by atoms with E-state index in [9.17, 15) is 24.6 Å². The number of carbonyl (C=O) groups is 3. The molecule has 218 valence electrons. The van der Waals surface area contributed by atoms with Crippen LogP contribution in [0.2, 0.25) is 10.4 Å². The van der Waals surface area contributed by atoms with Crippen molar-refractivity contribution in [3.63, 3.8) is 0 Å². The van der Waals surface area contributed by atoms with Crippen molar-refractivity contribution in [3.05, 3.63) is 46.3 Å². The molecule has 2 aliphatic rings. The quantitative estimate of drug-likeness (QED) is 0.0979. The van der Waals surface area contributed by atoms with Gasteiger partial charge in [0.05, 0.1) is 18.8 Å². The van der Waals surface area contributed by atoms with Crippen LogP contribution >= 0.6 is 0 Å². The highest BCUT2D eigenvalue weighted by Crippen LogP contribution is 2.48. The fourth-order valence-electron chi connectivity index (χ4n) is 5.66. The molecule has 0 spiro atoms. The average molecular weight is 574 g/mol. The van der Waals surface area contributed by atoms with E-state index in [0.717, 1.165) is 24.9 Å². The first-order valence-electron chi connectivity index (χ1n) is 14.1. The number of hydrogen-bond donors (Lipinski definition) is 4. The third kappa shape index (κ3) is 5.66. The number of likely N-dealkylation sites (N-methyl/N-ethyl adjacent to an activating group) is 1. The largest absolute Gasteiger partial charge is 0.505 e. The molecule has 1 atom stereocenters. The van der Waals surface area contributed by atoms with E-state index in [2.05, 4.69) is 15.5 Å². The lowest BCUT2D eigenvalue weighted by Gasteiger charge is -2.47. The molecule has 0 bridgehead atoms. The molecule has 2 aromatic carbocycles. The second-order valence-electron chi connectivity index (χ2n) is 12.2. The van der Waals surface area contributed by atoms with Crippen LogP contribution in [0.1, 0.15) is 27.0 Å². The zero-order valence-electron chi connectivity index (χ0n) is 25.1. The van der Waals surface area contributed by atoms with E-state index < -0.39 is 39.8 Å². The number of fused-ring (bicyclic) bond motifs is 1. The standard InChI is InChI=1S/C26H36B5FN4O6/c1-33-23(40)22(26(30,31)25(28,29)12-37)36-11-15-17(24(36)41)20(38)21(39)18(27)19(15)34-9-14-3-2-13(8-16(14)32)10-35-4-6-42-7-5-35/h2-3,8,12,22,34,38-39H,4-7,9-11,27-31H2,1H3,(H,33,40). The first-order chi connectivity index (χ1) is 19.7. The van der Waals surface area contributed by atoms with E-state index >= 15 is 4.39 Å². The Morgan fingerprint density at radius 1 is 1.19 bits per heavy atom. The van der Waals surface area contributed by atoms with Crippen molar-refractivity contribution in [3.8, 4) is 11.5 Å². The maximum atomic E-state index is 15.2. The van der Waals surface area contributed by atoms with E-state index in [1.165, 1.54) is 18.0 Å². The van der Waals surface area contributed by atoms with Gasteiger partial charge in [-0.15, -0.1) is 0 Å². The number of anilines is 1. The Morgan fingerprint density at radius 2 is 1.86 bits per heavy atom. The number of aldehydes is 1. The number of amides is 2. The van der Waals surface area contributed by atoms with Crippen LogP contribution < -0.4 is 16.1 Å². The zero-order valence-corrected chi connectivity index (χ0v) is 25.1. The molecule has 1 fully saturated rings. The van der Waals surface area contributed by atoms with Crippen molar-refractivity contribution in [1.29, 1.82) is 0 Å². The van der Waals surface area contributed by atoms with Crippen molar-refractivity contribution in [2.45, 2.75) is 36.1 Å². The Kier molecular flexibility index (Phi) is 9.08. The summed E-state index contributed by atoms with van der Waals surface area (Å²) in [5.74, 6) is -2.56. The monoisotopic (exact) mass is 574 g/mol. The first-order valence-corrected chi connectivity index (χ1v) is 14.1. The molecule has 1 unspecified atom stereocenters. The number of nitrogens with one attached hydrogen (secondary N) is 2. The van der Waals surface area contributed by atoms with E-state index in [0.29, 0.717) is 36.6 Å². The third-order valence-electron chi connectivity index (χ3n) is 9.13. The lowest BCUT2D eigenvalue weighted by molar-refractivity contribution is -0.126. The minimum atomic E-state index is -1.08. The molecular formula is C26H36B5FN4O6. The molecule has 4 N–H and O–H groups in total. The average Bonchev–Trinajstić information content (AvgIpc) is 3.29. The minimum absolute atomic E-state index is 0.0535. The number of rotatable bonds is 10. The summed E-state index contributed by atoms with van der Waals surface area (Å²) in [6.45, 7) is 3.50. The number of phenols is 2. The van der Waals surface area contributed by atoms with E-state index in [-0.39, 0.29) is 29.9 Å².